The fraction of sp³-hybridized carbons (Fsp3) is 0.312. The summed E-state index contributed by atoms with van der Waals surface area (Å²) in [6.07, 6.45) is 0.122. The van der Waals surface area contributed by atoms with Gasteiger partial charge in [-0.05, 0) is 19.4 Å². The Morgan fingerprint density at radius 3 is 2.74 bits per heavy atom. The number of benzene rings is 1. The first-order valence-electron chi connectivity index (χ1n) is 7.24. The van der Waals surface area contributed by atoms with Gasteiger partial charge in [0.25, 0.3) is 0 Å². The molecule has 1 aromatic heterocycles. The summed E-state index contributed by atoms with van der Waals surface area (Å²) in [5.74, 6) is -0.168. The smallest absolute Gasteiger partial charge is 0.312 e. The standard InChI is InChI=1S/C16H20N4O2S/c1-10-4-3-5-12(6-10)13(20-16(17)22)7-14(21)18-8-15-19-11(2)9-23-15/h3-6,9,13H,7-8H2,1-2H3,(H,18,21)(H3,17,20,22)/t13-/m1/s1. The number of primary amides is 1. The minimum absolute atomic E-state index is 0.122. The van der Waals surface area contributed by atoms with E-state index in [0.717, 1.165) is 21.8 Å². The predicted octanol–water partition coefficient (Wildman–Crippen LogP) is 2.18. The van der Waals surface area contributed by atoms with E-state index in [0.29, 0.717) is 6.54 Å². The third-order valence-electron chi connectivity index (χ3n) is 3.25. The van der Waals surface area contributed by atoms with Gasteiger partial charge in [0.05, 0.1) is 19.0 Å². The van der Waals surface area contributed by atoms with Crippen molar-refractivity contribution < 1.29 is 9.59 Å². The highest BCUT2D eigenvalue weighted by Crippen LogP contribution is 2.18. The number of nitrogens with two attached hydrogens (primary N) is 1. The molecule has 0 radical (unpaired) electrons. The zero-order valence-electron chi connectivity index (χ0n) is 13.1. The van der Waals surface area contributed by atoms with Gasteiger partial charge in [0, 0.05) is 11.1 Å². The van der Waals surface area contributed by atoms with Gasteiger partial charge < -0.3 is 16.4 Å². The molecule has 23 heavy (non-hydrogen) atoms. The Hall–Kier alpha value is -2.41. The molecule has 2 aromatic rings. The van der Waals surface area contributed by atoms with Crippen LogP contribution in [0.1, 0.15) is 34.3 Å². The molecule has 1 heterocycles. The Kier molecular flexibility index (Phi) is 5.70. The molecule has 0 spiro atoms. The molecule has 2 rings (SSSR count). The zero-order chi connectivity index (χ0) is 16.8. The van der Waals surface area contributed by atoms with Gasteiger partial charge in [-0.3, -0.25) is 4.79 Å². The number of urea groups is 1. The number of amides is 3. The molecule has 0 aliphatic rings. The second-order valence-electron chi connectivity index (χ2n) is 5.34. The monoisotopic (exact) mass is 332 g/mol. The Bertz CT molecular complexity index is 699. The van der Waals surface area contributed by atoms with Gasteiger partial charge in [-0.15, -0.1) is 11.3 Å². The summed E-state index contributed by atoms with van der Waals surface area (Å²) in [5.41, 5.74) is 8.06. The molecule has 4 N–H and O–H groups in total. The van der Waals surface area contributed by atoms with Crippen molar-refractivity contribution in [3.05, 3.63) is 51.5 Å². The van der Waals surface area contributed by atoms with Crippen molar-refractivity contribution in [2.45, 2.75) is 32.9 Å². The van der Waals surface area contributed by atoms with Crippen LogP contribution in [0.3, 0.4) is 0 Å². The number of thiazole rings is 1. The van der Waals surface area contributed by atoms with Gasteiger partial charge in [0.2, 0.25) is 5.91 Å². The van der Waals surface area contributed by atoms with Crippen molar-refractivity contribution in [3.63, 3.8) is 0 Å². The van der Waals surface area contributed by atoms with Crippen LogP contribution in [0.25, 0.3) is 0 Å². The van der Waals surface area contributed by atoms with Crippen LogP contribution in [-0.2, 0) is 11.3 Å². The maximum atomic E-state index is 12.1. The number of aryl methyl sites for hydroxylation is 2. The fourth-order valence-corrected chi connectivity index (χ4v) is 2.94. The Balaban J connectivity index is 1.99. The summed E-state index contributed by atoms with van der Waals surface area (Å²) in [7, 11) is 0. The summed E-state index contributed by atoms with van der Waals surface area (Å²) >= 11 is 1.50. The van der Waals surface area contributed by atoms with E-state index < -0.39 is 12.1 Å². The van der Waals surface area contributed by atoms with E-state index in [4.69, 9.17) is 5.73 Å². The first-order chi connectivity index (χ1) is 10.9. The van der Waals surface area contributed by atoms with E-state index in [9.17, 15) is 9.59 Å². The number of rotatable bonds is 6. The molecule has 1 aromatic carbocycles. The maximum Gasteiger partial charge on any atom is 0.312 e. The molecule has 0 saturated heterocycles. The quantitative estimate of drug-likeness (QED) is 0.756. The summed E-state index contributed by atoms with van der Waals surface area (Å²) in [6.45, 7) is 4.25. The number of carbonyl (C=O) groups is 2. The highest BCUT2D eigenvalue weighted by molar-refractivity contribution is 7.09. The van der Waals surface area contributed by atoms with Crippen molar-refractivity contribution in [2.75, 3.05) is 0 Å². The Morgan fingerprint density at radius 2 is 2.13 bits per heavy atom. The fourth-order valence-electron chi connectivity index (χ4n) is 2.23. The van der Waals surface area contributed by atoms with E-state index in [2.05, 4.69) is 15.6 Å². The van der Waals surface area contributed by atoms with Gasteiger partial charge in [-0.2, -0.15) is 0 Å². The van der Waals surface area contributed by atoms with Crippen LogP contribution in [0, 0.1) is 13.8 Å². The van der Waals surface area contributed by atoms with Crippen LogP contribution in [0.4, 0.5) is 4.79 Å². The number of aromatic nitrogens is 1. The lowest BCUT2D eigenvalue weighted by Crippen LogP contribution is -2.36. The lowest BCUT2D eigenvalue weighted by Gasteiger charge is -2.18. The second-order valence-corrected chi connectivity index (χ2v) is 6.28. The van der Waals surface area contributed by atoms with Crippen LogP contribution in [-0.4, -0.2) is 16.9 Å². The highest BCUT2D eigenvalue weighted by Gasteiger charge is 2.17. The van der Waals surface area contributed by atoms with Crippen LogP contribution >= 0.6 is 11.3 Å². The molecule has 122 valence electrons. The third-order valence-corrected chi connectivity index (χ3v) is 4.22. The molecule has 7 heteroatoms. The van der Waals surface area contributed by atoms with E-state index in [1.165, 1.54) is 11.3 Å². The Morgan fingerprint density at radius 1 is 1.35 bits per heavy atom. The lowest BCUT2D eigenvalue weighted by molar-refractivity contribution is -0.121. The molecule has 0 fully saturated rings. The van der Waals surface area contributed by atoms with Crippen LogP contribution in [0.15, 0.2) is 29.6 Å². The average molecular weight is 332 g/mol. The largest absolute Gasteiger partial charge is 0.352 e. The molecular weight excluding hydrogens is 312 g/mol. The van der Waals surface area contributed by atoms with Crippen LogP contribution in [0.2, 0.25) is 0 Å². The predicted molar refractivity (Wildman–Crippen MR) is 90.0 cm³/mol. The first-order valence-corrected chi connectivity index (χ1v) is 8.12. The summed E-state index contributed by atoms with van der Waals surface area (Å²) in [6, 6.07) is 6.53. The number of hydrogen-bond acceptors (Lipinski definition) is 4. The van der Waals surface area contributed by atoms with Gasteiger partial charge in [0.15, 0.2) is 0 Å². The molecular formula is C16H20N4O2S. The molecule has 0 unspecified atom stereocenters. The molecule has 0 bridgehead atoms. The van der Waals surface area contributed by atoms with Crippen molar-refractivity contribution in [1.29, 1.82) is 0 Å². The van der Waals surface area contributed by atoms with Gasteiger partial charge in [-0.25, -0.2) is 9.78 Å². The minimum Gasteiger partial charge on any atom is -0.352 e. The van der Waals surface area contributed by atoms with Crippen molar-refractivity contribution in [3.8, 4) is 0 Å². The van der Waals surface area contributed by atoms with Gasteiger partial charge in [-0.1, -0.05) is 29.8 Å². The molecule has 0 saturated carbocycles. The Labute approximate surface area is 139 Å². The van der Waals surface area contributed by atoms with Crippen molar-refractivity contribution >= 4 is 23.3 Å². The third kappa shape index (κ3) is 5.37. The van der Waals surface area contributed by atoms with E-state index in [1.54, 1.807) is 0 Å². The number of hydrogen-bond donors (Lipinski definition) is 3. The van der Waals surface area contributed by atoms with Crippen LogP contribution in [0.5, 0.6) is 0 Å². The highest BCUT2D eigenvalue weighted by atomic mass is 32.1. The molecule has 0 aliphatic carbocycles. The number of nitrogens with one attached hydrogen (secondary N) is 2. The topological polar surface area (TPSA) is 97.1 Å². The van der Waals surface area contributed by atoms with Crippen molar-refractivity contribution in [2.24, 2.45) is 5.73 Å². The summed E-state index contributed by atoms with van der Waals surface area (Å²) < 4.78 is 0. The van der Waals surface area contributed by atoms with E-state index in [-0.39, 0.29) is 12.3 Å². The van der Waals surface area contributed by atoms with E-state index >= 15 is 0 Å². The number of carbonyl (C=O) groups excluding carboxylic acids is 2. The molecule has 1 atom stereocenters. The van der Waals surface area contributed by atoms with Gasteiger partial charge in [0.1, 0.15) is 5.01 Å². The average Bonchev–Trinajstić information content (AvgIpc) is 2.90. The summed E-state index contributed by atoms with van der Waals surface area (Å²) in [4.78, 5) is 27.6. The van der Waals surface area contributed by atoms with Crippen molar-refractivity contribution in [1.82, 2.24) is 15.6 Å². The SMILES string of the molecule is Cc1cccc([C@@H](CC(=O)NCc2nc(C)cs2)NC(N)=O)c1. The number of nitrogens with zero attached hydrogens (tertiary/aromatic N) is 1. The molecule has 0 aliphatic heterocycles. The summed E-state index contributed by atoms with van der Waals surface area (Å²) in [5, 5.41) is 8.23. The molecule has 6 nitrogen and oxygen atoms in total. The molecule has 3 amide bonds. The second kappa shape index (κ2) is 7.73. The lowest BCUT2D eigenvalue weighted by atomic mass is 10.0. The normalized spacial score (nSPS) is 11.7. The maximum absolute atomic E-state index is 12.1. The zero-order valence-corrected chi connectivity index (χ0v) is 13.9. The van der Waals surface area contributed by atoms with Gasteiger partial charge >= 0.3 is 6.03 Å². The first kappa shape index (κ1) is 17.0. The van der Waals surface area contributed by atoms with Crippen LogP contribution < -0.4 is 16.4 Å². The minimum atomic E-state index is -0.653. The van der Waals surface area contributed by atoms with E-state index in [1.807, 2.05) is 43.5 Å².